The Morgan fingerprint density at radius 3 is 2.88 bits per heavy atom. The van der Waals surface area contributed by atoms with Crippen molar-refractivity contribution >= 4 is 22.6 Å². The van der Waals surface area contributed by atoms with Crippen LogP contribution in [0.15, 0.2) is 47.3 Å². The number of ether oxygens (including phenoxy) is 2. The molecular weight excluding hydrogens is 334 g/mol. The molecule has 1 saturated heterocycles. The zero-order valence-electron chi connectivity index (χ0n) is 14.1. The number of H-pyrrole nitrogens is 2. The van der Waals surface area contributed by atoms with E-state index in [-0.39, 0.29) is 17.7 Å². The minimum absolute atomic E-state index is 0.0824. The number of aromatic nitrogens is 2. The van der Waals surface area contributed by atoms with Crippen molar-refractivity contribution in [1.29, 1.82) is 0 Å². The summed E-state index contributed by atoms with van der Waals surface area (Å²) in [7, 11) is 0. The normalized spacial score (nSPS) is 16.7. The lowest BCUT2D eigenvalue weighted by molar-refractivity contribution is 0.0673. The van der Waals surface area contributed by atoms with Crippen molar-refractivity contribution in [3.8, 4) is 5.75 Å². The predicted octanol–water partition coefficient (Wildman–Crippen LogP) is 2.67. The Labute approximate surface area is 149 Å². The highest BCUT2D eigenvalue weighted by atomic mass is 16.5. The zero-order valence-corrected chi connectivity index (χ0v) is 14.1. The van der Waals surface area contributed by atoms with Crippen molar-refractivity contribution in [3.05, 3.63) is 58.5 Å². The molecule has 0 bridgehead atoms. The standard InChI is InChI=1S/C19H19N3O4/c23-18(20-12-7-8-15-16(10-12)22-19(24)21-15)14-5-1-2-6-17(14)26-11-13-4-3-9-25-13/h1-2,5-8,10,13H,3-4,9,11H2,(H,20,23)(H2,21,22,24)/t13-/m0/s1. The average molecular weight is 353 g/mol. The van der Waals surface area contributed by atoms with Gasteiger partial charge in [-0.3, -0.25) is 4.79 Å². The van der Waals surface area contributed by atoms with E-state index < -0.39 is 0 Å². The van der Waals surface area contributed by atoms with Crippen LogP contribution in [-0.2, 0) is 4.74 Å². The number of imidazole rings is 1. The van der Waals surface area contributed by atoms with Gasteiger partial charge in [0.2, 0.25) is 0 Å². The maximum atomic E-state index is 12.7. The van der Waals surface area contributed by atoms with Crippen molar-refractivity contribution in [2.45, 2.75) is 18.9 Å². The summed E-state index contributed by atoms with van der Waals surface area (Å²) in [5, 5.41) is 2.84. The first kappa shape index (κ1) is 16.4. The molecule has 134 valence electrons. The van der Waals surface area contributed by atoms with Gasteiger partial charge in [-0.15, -0.1) is 0 Å². The van der Waals surface area contributed by atoms with Gasteiger partial charge in [0.05, 0.1) is 22.7 Å². The van der Waals surface area contributed by atoms with Crippen molar-refractivity contribution in [2.75, 3.05) is 18.5 Å². The quantitative estimate of drug-likeness (QED) is 0.657. The number of amides is 1. The summed E-state index contributed by atoms with van der Waals surface area (Å²) in [5.74, 6) is 0.252. The summed E-state index contributed by atoms with van der Waals surface area (Å²) in [5.41, 5.74) is 2.08. The van der Waals surface area contributed by atoms with Gasteiger partial charge < -0.3 is 24.8 Å². The fourth-order valence-corrected chi connectivity index (χ4v) is 3.05. The van der Waals surface area contributed by atoms with Crippen LogP contribution in [0.25, 0.3) is 11.0 Å². The number of rotatable bonds is 5. The Bertz CT molecular complexity index is 986. The number of para-hydroxylation sites is 1. The van der Waals surface area contributed by atoms with Crippen molar-refractivity contribution in [1.82, 2.24) is 9.97 Å². The van der Waals surface area contributed by atoms with Gasteiger partial charge in [0.25, 0.3) is 5.91 Å². The zero-order chi connectivity index (χ0) is 17.9. The highest BCUT2D eigenvalue weighted by Crippen LogP contribution is 2.22. The number of nitrogens with one attached hydrogen (secondary N) is 3. The number of carbonyl (C=O) groups excluding carboxylic acids is 1. The largest absolute Gasteiger partial charge is 0.490 e. The molecule has 1 aromatic heterocycles. The molecule has 2 aromatic carbocycles. The molecule has 0 spiro atoms. The highest BCUT2D eigenvalue weighted by molar-refractivity contribution is 6.06. The molecular formula is C19H19N3O4. The Kier molecular flexibility index (Phi) is 4.45. The summed E-state index contributed by atoms with van der Waals surface area (Å²) in [4.78, 5) is 29.4. The van der Waals surface area contributed by atoms with Crippen LogP contribution in [0.1, 0.15) is 23.2 Å². The monoisotopic (exact) mass is 353 g/mol. The van der Waals surface area contributed by atoms with Gasteiger partial charge in [-0.05, 0) is 43.2 Å². The van der Waals surface area contributed by atoms with Crippen LogP contribution >= 0.6 is 0 Å². The van der Waals surface area contributed by atoms with Crippen molar-refractivity contribution in [2.24, 2.45) is 0 Å². The first-order valence-corrected chi connectivity index (χ1v) is 8.56. The Hall–Kier alpha value is -3.06. The lowest BCUT2D eigenvalue weighted by atomic mass is 10.1. The maximum Gasteiger partial charge on any atom is 0.323 e. The lowest BCUT2D eigenvalue weighted by Crippen LogP contribution is -2.19. The molecule has 0 radical (unpaired) electrons. The molecule has 1 aliphatic rings. The van der Waals surface area contributed by atoms with E-state index in [0.29, 0.717) is 34.6 Å². The van der Waals surface area contributed by atoms with E-state index in [9.17, 15) is 9.59 Å². The van der Waals surface area contributed by atoms with Crippen LogP contribution in [0, 0.1) is 0 Å². The number of hydrogen-bond acceptors (Lipinski definition) is 4. The third-order valence-corrected chi connectivity index (χ3v) is 4.35. The van der Waals surface area contributed by atoms with Crippen molar-refractivity contribution in [3.63, 3.8) is 0 Å². The molecule has 1 fully saturated rings. The molecule has 2 heterocycles. The molecule has 0 saturated carbocycles. The summed E-state index contributed by atoms with van der Waals surface area (Å²) in [6.07, 6.45) is 2.10. The van der Waals surface area contributed by atoms with Gasteiger partial charge in [-0.25, -0.2) is 4.79 Å². The molecule has 7 nitrogen and oxygen atoms in total. The van der Waals surface area contributed by atoms with Gasteiger partial charge >= 0.3 is 5.69 Å². The van der Waals surface area contributed by atoms with Crippen LogP contribution < -0.4 is 15.7 Å². The number of benzene rings is 2. The minimum Gasteiger partial charge on any atom is -0.490 e. The summed E-state index contributed by atoms with van der Waals surface area (Å²) < 4.78 is 11.4. The fraction of sp³-hybridized carbons (Fsp3) is 0.263. The van der Waals surface area contributed by atoms with E-state index in [1.165, 1.54) is 0 Å². The van der Waals surface area contributed by atoms with E-state index in [1.807, 2.05) is 6.07 Å². The second-order valence-corrected chi connectivity index (χ2v) is 6.24. The predicted molar refractivity (Wildman–Crippen MR) is 97.8 cm³/mol. The molecule has 7 heteroatoms. The van der Waals surface area contributed by atoms with E-state index in [0.717, 1.165) is 19.4 Å². The number of anilines is 1. The second-order valence-electron chi connectivity index (χ2n) is 6.24. The first-order chi connectivity index (χ1) is 12.7. The Morgan fingerprint density at radius 1 is 1.19 bits per heavy atom. The number of aromatic amines is 2. The minimum atomic E-state index is -0.281. The first-order valence-electron chi connectivity index (χ1n) is 8.56. The number of hydrogen-bond donors (Lipinski definition) is 3. The molecule has 1 amide bonds. The van der Waals surface area contributed by atoms with Crippen LogP contribution in [0.2, 0.25) is 0 Å². The van der Waals surface area contributed by atoms with Gasteiger partial charge in [-0.1, -0.05) is 12.1 Å². The van der Waals surface area contributed by atoms with Gasteiger partial charge in [0, 0.05) is 12.3 Å². The average Bonchev–Trinajstić information content (AvgIpc) is 3.28. The number of fused-ring (bicyclic) bond motifs is 1. The van der Waals surface area contributed by atoms with Crippen LogP contribution in [0.3, 0.4) is 0 Å². The fourth-order valence-electron chi connectivity index (χ4n) is 3.05. The molecule has 0 aliphatic carbocycles. The number of carbonyl (C=O) groups is 1. The SMILES string of the molecule is O=C(Nc1ccc2[nH]c(=O)[nH]c2c1)c1ccccc1OC[C@@H]1CCCO1. The van der Waals surface area contributed by atoms with Crippen molar-refractivity contribution < 1.29 is 14.3 Å². The molecule has 4 rings (SSSR count). The third kappa shape index (κ3) is 3.48. The van der Waals surface area contributed by atoms with E-state index >= 15 is 0 Å². The second kappa shape index (κ2) is 7.05. The van der Waals surface area contributed by atoms with E-state index in [2.05, 4.69) is 15.3 Å². The topological polar surface area (TPSA) is 96.2 Å². The molecule has 3 N–H and O–H groups in total. The van der Waals surface area contributed by atoms with E-state index in [1.54, 1.807) is 36.4 Å². The van der Waals surface area contributed by atoms with Gasteiger partial charge in [0.1, 0.15) is 12.4 Å². The highest BCUT2D eigenvalue weighted by Gasteiger charge is 2.18. The Balaban J connectivity index is 1.50. The van der Waals surface area contributed by atoms with Gasteiger partial charge in [-0.2, -0.15) is 0 Å². The third-order valence-electron chi connectivity index (χ3n) is 4.35. The smallest absolute Gasteiger partial charge is 0.323 e. The summed E-state index contributed by atoms with van der Waals surface area (Å²) >= 11 is 0. The summed E-state index contributed by atoms with van der Waals surface area (Å²) in [6, 6.07) is 12.3. The molecule has 1 aliphatic heterocycles. The van der Waals surface area contributed by atoms with E-state index in [4.69, 9.17) is 9.47 Å². The lowest BCUT2D eigenvalue weighted by Gasteiger charge is -2.14. The van der Waals surface area contributed by atoms with Gasteiger partial charge in [0.15, 0.2) is 0 Å². The van der Waals surface area contributed by atoms with Crippen LogP contribution in [-0.4, -0.2) is 35.2 Å². The van der Waals surface area contributed by atoms with Crippen LogP contribution in [0.5, 0.6) is 5.75 Å². The maximum absolute atomic E-state index is 12.7. The molecule has 0 unspecified atom stereocenters. The van der Waals surface area contributed by atoms with Crippen LogP contribution in [0.4, 0.5) is 5.69 Å². The molecule has 26 heavy (non-hydrogen) atoms. The molecule has 3 aromatic rings. The summed E-state index contributed by atoms with van der Waals surface area (Å²) in [6.45, 7) is 1.20. The Morgan fingerprint density at radius 2 is 2.04 bits per heavy atom. The molecule has 1 atom stereocenters.